The van der Waals surface area contributed by atoms with Crippen LogP contribution in [-0.4, -0.2) is 29.1 Å². The van der Waals surface area contributed by atoms with E-state index in [0.29, 0.717) is 5.95 Å². The maximum atomic E-state index is 5.91. The second-order valence-corrected chi connectivity index (χ2v) is 4.41. The average Bonchev–Trinajstić information content (AvgIpc) is 2.02. The minimum absolute atomic E-state index is 0.233. The van der Waals surface area contributed by atoms with Gasteiger partial charge in [0.15, 0.2) is 0 Å². The SMILES string of the molecule is Cc1cnc(N(C)CC(C)(C)N)nc1. The number of aromatic nitrogens is 2. The minimum atomic E-state index is -0.233. The smallest absolute Gasteiger partial charge is 0.225 e. The molecule has 0 unspecified atom stereocenters. The number of nitrogens with two attached hydrogens (primary N) is 1. The Morgan fingerprint density at radius 2 is 1.86 bits per heavy atom. The fourth-order valence-electron chi connectivity index (χ4n) is 1.26. The Bertz CT molecular complexity index is 286. The number of hydrogen-bond donors (Lipinski definition) is 1. The molecule has 0 saturated carbocycles. The Balaban J connectivity index is 2.70. The van der Waals surface area contributed by atoms with Gasteiger partial charge in [0.2, 0.25) is 5.95 Å². The normalized spacial score (nSPS) is 11.5. The van der Waals surface area contributed by atoms with E-state index in [-0.39, 0.29) is 5.54 Å². The first-order chi connectivity index (χ1) is 6.38. The van der Waals surface area contributed by atoms with Gasteiger partial charge in [-0.1, -0.05) is 0 Å². The molecule has 1 heterocycles. The van der Waals surface area contributed by atoms with Crippen LogP contribution in [0.3, 0.4) is 0 Å². The highest BCUT2D eigenvalue weighted by molar-refractivity contribution is 5.28. The van der Waals surface area contributed by atoms with Crippen LogP contribution in [0.1, 0.15) is 19.4 Å². The number of aryl methyl sites for hydroxylation is 1. The standard InChI is InChI=1S/C10H18N4/c1-8-5-12-9(13-6-8)14(4)7-10(2,3)11/h5-6H,7,11H2,1-4H3. The van der Waals surface area contributed by atoms with Crippen LogP contribution in [-0.2, 0) is 0 Å². The van der Waals surface area contributed by atoms with Gasteiger partial charge in [-0.3, -0.25) is 0 Å². The lowest BCUT2D eigenvalue weighted by atomic mass is 10.1. The van der Waals surface area contributed by atoms with E-state index in [1.165, 1.54) is 0 Å². The number of hydrogen-bond acceptors (Lipinski definition) is 4. The molecule has 4 nitrogen and oxygen atoms in total. The zero-order valence-electron chi connectivity index (χ0n) is 9.28. The van der Waals surface area contributed by atoms with Crippen molar-refractivity contribution in [2.75, 3.05) is 18.5 Å². The van der Waals surface area contributed by atoms with E-state index in [1.54, 1.807) is 0 Å². The van der Waals surface area contributed by atoms with Crippen molar-refractivity contribution in [3.8, 4) is 0 Å². The predicted molar refractivity (Wildman–Crippen MR) is 58.3 cm³/mol. The molecule has 0 amide bonds. The van der Waals surface area contributed by atoms with Gasteiger partial charge < -0.3 is 10.6 Å². The molecule has 0 bridgehead atoms. The lowest BCUT2D eigenvalue weighted by Gasteiger charge is -2.26. The third-order valence-electron chi connectivity index (χ3n) is 1.75. The summed E-state index contributed by atoms with van der Waals surface area (Å²) in [7, 11) is 1.94. The monoisotopic (exact) mass is 194 g/mol. The van der Waals surface area contributed by atoms with Gasteiger partial charge in [-0.25, -0.2) is 9.97 Å². The van der Waals surface area contributed by atoms with Crippen LogP contribution in [0.15, 0.2) is 12.4 Å². The molecule has 2 N–H and O–H groups in total. The van der Waals surface area contributed by atoms with Crippen molar-refractivity contribution in [2.45, 2.75) is 26.3 Å². The third kappa shape index (κ3) is 3.30. The molecule has 0 aliphatic carbocycles. The van der Waals surface area contributed by atoms with E-state index in [9.17, 15) is 0 Å². The zero-order valence-corrected chi connectivity index (χ0v) is 9.28. The van der Waals surface area contributed by atoms with Gasteiger partial charge in [0.05, 0.1) is 0 Å². The molecular formula is C10H18N4. The van der Waals surface area contributed by atoms with E-state index in [2.05, 4.69) is 9.97 Å². The van der Waals surface area contributed by atoms with Crippen LogP contribution in [0, 0.1) is 6.92 Å². The van der Waals surface area contributed by atoms with Crippen LogP contribution in [0.25, 0.3) is 0 Å². The van der Waals surface area contributed by atoms with Gasteiger partial charge in [-0.05, 0) is 26.3 Å². The van der Waals surface area contributed by atoms with E-state index in [0.717, 1.165) is 12.1 Å². The number of anilines is 1. The van der Waals surface area contributed by atoms with Crippen molar-refractivity contribution < 1.29 is 0 Å². The molecule has 0 spiro atoms. The molecule has 0 aliphatic rings. The first kappa shape index (κ1) is 10.9. The van der Waals surface area contributed by atoms with Crippen molar-refractivity contribution in [2.24, 2.45) is 5.73 Å². The topological polar surface area (TPSA) is 55.0 Å². The van der Waals surface area contributed by atoms with Crippen molar-refractivity contribution in [1.82, 2.24) is 9.97 Å². The molecule has 1 aromatic rings. The molecule has 4 heteroatoms. The zero-order chi connectivity index (χ0) is 10.8. The van der Waals surface area contributed by atoms with Crippen molar-refractivity contribution >= 4 is 5.95 Å². The summed E-state index contributed by atoms with van der Waals surface area (Å²) < 4.78 is 0. The summed E-state index contributed by atoms with van der Waals surface area (Å²) in [6, 6.07) is 0. The van der Waals surface area contributed by atoms with Gasteiger partial charge in [0.25, 0.3) is 0 Å². The Kier molecular flexibility index (Phi) is 3.06. The van der Waals surface area contributed by atoms with E-state index in [4.69, 9.17) is 5.73 Å². The van der Waals surface area contributed by atoms with Crippen LogP contribution < -0.4 is 10.6 Å². The summed E-state index contributed by atoms with van der Waals surface area (Å²) in [4.78, 5) is 10.4. The summed E-state index contributed by atoms with van der Waals surface area (Å²) in [6.07, 6.45) is 3.62. The van der Waals surface area contributed by atoms with Gasteiger partial charge in [0.1, 0.15) is 0 Å². The summed E-state index contributed by atoms with van der Waals surface area (Å²) in [6.45, 7) is 6.67. The largest absolute Gasteiger partial charge is 0.342 e. The molecule has 78 valence electrons. The Morgan fingerprint density at radius 3 is 2.29 bits per heavy atom. The second-order valence-electron chi connectivity index (χ2n) is 4.41. The number of nitrogens with zero attached hydrogens (tertiary/aromatic N) is 3. The van der Waals surface area contributed by atoms with Crippen LogP contribution in [0.5, 0.6) is 0 Å². The van der Waals surface area contributed by atoms with Gasteiger partial charge in [-0.2, -0.15) is 0 Å². The molecule has 1 rings (SSSR count). The Hall–Kier alpha value is -1.16. The molecule has 0 aromatic carbocycles. The van der Waals surface area contributed by atoms with E-state index >= 15 is 0 Å². The van der Waals surface area contributed by atoms with E-state index < -0.39 is 0 Å². The Morgan fingerprint density at radius 1 is 1.36 bits per heavy atom. The molecule has 14 heavy (non-hydrogen) atoms. The fraction of sp³-hybridized carbons (Fsp3) is 0.600. The highest BCUT2D eigenvalue weighted by Gasteiger charge is 2.15. The van der Waals surface area contributed by atoms with Crippen molar-refractivity contribution in [3.05, 3.63) is 18.0 Å². The molecule has 1 aromatic heterocycles. The molecule has 0 aliphatic heterocycles. The Labute approximate surface area is 85.2 Å². The predicted octanol–water partition coefficient (Wildman–Crippen LogP) is 0.959. The van der Waals surface area contributed by atoms with Crippen molar-refractivity contribution in [1.29, 1.82) is 0 Å². The molecule has 0 atom stereocenters. The lowest BCUT2D eigenvalue weighted by Crippen LogP contribution is -2.44. The molecule has 0 radical (unpaired) electrons. The van der Waals surface area contributed by atoms with E-state index in [1.807, 2.05) is 45.1 Å². The highest BCUT2D eigenvalue weighted by atomic mass is 15.2. The quantitative estimate of drug-likeness (QED) is 0.778. The number of likely N-dealkylation sites (N-methyl/N-ethyl adjacent to an activating group) is 1. The maximum absolute atomic E-state index is 5.91. The highest BCUT2D eigenvalue weighted by Crippen LogP contribution is 2.08. The van der Waals surface area contributed by atoms with Crippen LogP contribution in [0.2, 0.25) is 0 Å². The number of rotatable bonds is 3. The summed E-state index contributed by atoms with van der Waals surface area (Å²) in [5, 5.41) is 0. The second kappa shape index (κ2) is 3.92. The molecule has 0 saturated heterocycles. The van der Waals surface area contributed by atoms with Gasteiger partial charge in [-0.15, -0.1) is 0 Å². The lowest BCUT2D eigenvalue weighted by molar-refractivity contribution is 0.515. The van der Waals surface area contributed by atoms with Crippen LogP contribution >= 0.6 is 0 Å². The minimum Gasteiger partial charge on any atom is -0.342 e. The van der Waals surface area contributed by atoms with Crippen molar-refractivity contribution in [3.63, 3.8) is 0 Å². The summed E-state index contributed by atoms with van der Waals surface area (Å²) in [5.41, 5.74) is 6.74. The van der Waals surface area contributed by atoms with Gasteiger partial charge >= 0.3 is 0 Å². The molecular weight excluding hydrogens is 176 g/mol. The fourth-order valence-corrected chi connectivity index (χ4v) is 1.26. The third-order valence-corrected chi connectivity index (χ3v) is 1.75. The summed E-state index contributed by atoms with van der Waals surface area (Å²) in [5.74, 6) is 0.717. The summed E-state index contributed by atoms with van der Waals surface area (Å²) >= 11 is 0. The first-order valence-electron chi connectivity index (χ1n) is 4.67. The average molecular weight is 194 g/mol. The first-order valence-corrected chi connectivity index (χ1v) is 4.67. The van der Waals surface area contributed by atoms with Gasteiger partial charge in [0, 0.05) is 31.5 Å². The van der Waals surface area contributed by atoms with Crippen LogP contribution in [0.4, 0.5) is 5.95 Å². The molecule has 0 fully saturated rings. The maximum Gasteiger partial charge on any atom is 0.225 e.